The summed E-state index contributed by atoms with van der Waals surface area (Å²) in [7, 11) is 0. The normalized spacial score (nSPS) is 16.3. The highest BCUT2D eigenvalue weighted by atomic mass is 32.2. The van der Waals surface area contributed by atoms with Crippen molar-refractivity contribution < 1.29 is 4.79 Å². The Morgan fingerprint density at radius 1 is 1.19 bits per heavy atom. The van der Waals surface area contributed by atoms with Gasteiger partial charge in [0, 0.05) is 19.6 Å². The molecule has 1 aliphatic heterocycles. The second-order valence-electron chi connectivity index (χ2n) is 6.70. The van der Waals surface area contributed by atoms with Gasteiger partial charge >= 0.3 is 5.69 Å². The predicted molar refractivity (Wildman–Crippen MR) is 103 cm³/mol. The van der Waals surface area contributed by atoms with Gasteiger partial charge in [0.1, 0.15) is 0 Å². The number of likely N-dealkylation sites (tertiary alicyclic amines) is 1. The first-order valence-electron chi connectivity index (χ1n) is 9.30. The van der Waals surface area contributed by atoms with Gasteiger partial charge in [0.15, 0.2) is 5.16 Å². The summed E-state index contributed by atoms with van der Waals surface area (Å²) in [6.07, 6.45) is 5.30. The van der Waals surface area contributed by atoms with Crippen molar-refractivity contribution in [1.29, 1.82) is 0 Å². The molecule has 0 unspecified atom stereocenters. The average Bonchev–Trinajstić information content (AvgIpc) is 2.86. The number of nitrogens with one attached hydrogen (secondary N) is 1. The molecule has 7 heteroatoms. The third-order valence-electron chi connectivity index (χ3n) is 4.74. The molecule has 1 amide bonds. The number of rotatable bonds is 6. The smallest absolute Gasteiger partial charge is 0.342 e. The molecule has 0 radical (unpaired) electrons. The Kier molecular flexibility index (Phi) is 6.55. The Bertz CT molecular complexity index is 763. The minimum Gasteiger partial charge on any atom is -0.342 e. The van der Waals surface area contributed by atoms with Crippen molar-refractivity contribution in [3.05, 3.63) is 46.4 Å². The molecular weight excluding hydrogens is 348 g/mol. The van der Waals surface area contributed by atoms with E-state index in [-0.39, 0.29) is 16.8 Å². The lowest BCUT2D eigenvalue weighted by Gasteiger charge is -2.23. The number of carbonyl (C=O) groups excluding carboxylic acids is 1. The van der Waals surface area contributed by atoms with Gasteiger partial charge in [-0.05, 0) is 31.7 Å². The molecule has 1 saturated heterocycles. The molecule has 0 aliphatic carbocycles. The fourth-order valence-corrected chi connectivity index (χ4v) is 4.20. The van der Waals surface area contributed by atoms with Crippen LogP contribution in [0.3, 0.4) is 0 Å². The van der Waals surface area contributed by atoms with Crippen molar-refractivity contribution in [3.63, 3.8) is 0 Å². The SMILES string of the molecule is C[C@@H](Sc1n[nH]c(=O)n1CCc1ccccc1)C(=O)N1CCCCCC1. The van der Waals surface area contributed by atoms with E-state index in [0.29, 0.717) is 11.7 Å². The number of benzene rings is 1. The number of aryl methyl sites for hydroxylation is 1. The van der Waals surface area contributed by atoms with Gasteiger partial charge in [0.2, 0.25) is 5.91 Å². The molecular formula is C19H26N4O2S. The summed E-state index contributed by atoms with van der Waals surface area (Å²) in [4.78, 5) is 26.8. The third kappa shape index (κ3) is 4.78. The highest BCUT2D eigenvalue weighted by Crippen LogP contribution is 2.23. The number of aromatic nitrogens is 3. The molecule has 26 heavy (non-hydrogen) atoms. The summed E-state index contributed by atoms with van der Waals surface area (Å²) in [5.41, 5.74) is 0.947. The van der Waals surface area contributed by atoms with Crippen LogP contribution in [-0.2, 0) is 17.8 Å². The maximum absolute atomic E-state index is 12.7. The van der Waals surface area contributed by atoms with E-state index in [9.17, 15) is 9.59 Å². The van der Waals surface area contributed by atoms with Crippen LogP contribution in [0.2, 0.25) is 0 Å². The second kappa shape index (κ2) is 9.07. The third-order valence-corrected chi connectivity index (χ3v) is 5.82. The van der Waals surface area contributed by atoms with E-state index in [1.807, 2.05) is 42.2 Å². The zero-order chi connectivity index (χ0) is 18.4. The van der Waals surface area contributed by atoms with Gasteiger partial charge < -0.3 is 4.90 Å². The molecule has 1 atom stereocenters. The van der Waals surface area contributed by atoms with E-state index >= 15 is 0 Å². The summed E-state index contributed by atoms with van der Waals surface area (Å²) in [5.74, 6) is 0.141. The molecule has 1 aliphatic rings. The molecule has 3 rings (SSSR count). The van der Waals surface area contributed by atoms with Crippen LogP contribution in [0.25, 0.3) is 0 Å². The highest BCUT2D eigenvalue weighted by Gasteiger charge is 2.24. The van der Waals surface area contributed by atoms with E-state index in [4.69, 9.17) is 0 Å². The number of nitrogens with zero attached hydrogens (tertiary/aromatic N) is 3. The molecule has 1 aromatic carbocycles. The number of aromatic amines is 1. The largest absolute Gasteiger partial charge is 0.343 e. The molecule has 0 spiro atoms. The zero-order valence-electron chi connectivity index (χ0n) is 15.2. The van der Waals surface area contributed by atoms with Crippen LogP contribution in [0.5, 0.6) is 0 Å². The molecule has 0 bridgehead atoms. The molecule has 140 valence electrons. The Labute approximate surface area is 158 Å². The van der Waals surface area contributed by atoms with E-state index < -0.39 is 0 Å². The van der Waals surface area contributed by atoms with Crippen LogP contribution >= 0.6 is 11.8 Å². The maximum atomic E-state index is 12.7. The summed E-state index contributed by atoms with van der Waals surface area (Å²) in [6.45, 7) is 4.13. The first-order chi connectivity index (χ1) is 12.6. The predicted octanol–water partition coefficient (Wildman–Crippen LogP) is 2.70. The van der Waals surface area contributed by atoms with Crippen LogP contribution < -0.4 is 5.69 Å². The van der Waals surface area contributed by atoms with Crippen LogP contribution in [-0.4, -0.2) is 43.9 Å². The lowest BCUT2D eigenvalue weighted by atomic mass is 10.1. The second-order valence-corrected chi connectivity index (χ2v) is 8.01. The molecule has 2 aromatic rings. The summed E-state index contributed by atoms with van der Waals surface area (Å²) in [5, 5.41) is 6.98. The van der Waals surface area contributed by atoms with Gasteiger partial charge in [0.05, 0.1) is 5.25 Å². The topological polar surface area (TPSA) is 71.0 Å². The fraction of sp³-hybridized carbons (Fsp3) is 0.526. The number of amides is 1. The van der Waals surface area contributed by atoms with Crippen LogP contribution in [0.4, 0.5) is 0 Å². The van der Waals surface area contributed by atoms with E-state index in [0.717, 1.165) is 32.4 Å². The Morgan fingerprint density at radius 3 is 2.58 bits per heavy atom. The number of hydrogen-bond donors (Lipinski definition) is 1. The lowest BCUT2D eigenvalue weighted by molar-refractivity contribution is -0.130. The summed E-state index contributed by atoms with van der Waals surface area (Å²) < 4.78 is 1.63. The standard InChI is InChI=1S/C19H26N4O2S/c1-15(17(24)22-12-7-2-3-8-13-22)26-19-21-20-18(25)23(19)14-11-16-9-5-4-6-10-16/h4-6,9-10,15H,2-3,7-8,11-14H2,1H3,(H,20,25)/t15-/m1/s1. The van der Waals surface area contributed by atoms with Crippen LogP contribution in [0.1, 0.15) is 38.2 Å². The van der Waals surface area contributed by atoms with Crippen LogP contribution in [0.15, 0.2) is 40.3 Å². The van der Waals surface area contributed by atoms with Gasteiger partial charge in [0.25, 0.3) is 0 Å². The molecule has 1 aromatic heterocycles. The van der Waals surface area contributed by atoms with Crippen molar-refractivity contribution in [3.8, 4) is 0 Å². The van der Waals surface area contributed by atoms with Crippen LogP contribution in [0, 0.1) is 0 Å². The van der Waals surface area contributed by atoms with Crippen molar-refractivity contribution in [2.24, 2.45) is 0 Å². The van der Waals surface area contributed by atoms with Gasteiger partial charge in [-0.3, -0.25) is 9.36 Å². The Hall–Kier alpha value is -2.02. The van der Waals surface area contributed by atoms with Crippen molar-refractivity contribution in [2.45, 2.75) is 56.0 Å². The first kappa shape index (κ1) is 18.8. The van der Waals surface area contributed by atoms with Gasteiger partial charge in [-0.2, -0.15) is 0 Å². The molecule has 6 nitrogen and oxygen atoms in total. The van der Waals surface area contributed by atoms with E-state index in [1.54, 1.807) is 4.57 Å². The average molecular weight is 375 g/mol. The lowest BCUT2D eigenvalue weighted by Crippen LogP contribution is -2.37. The maximum Gasteiger partial charge on any atom is 0.343 e. The first-order valence-corrected chi connectivity index (χ1v) is 10.2. The zero-order valence-corrected chi connectivity index (χ0v) is 16.0. The van der Waals surface area contributed by atoms with E-state index in [2.05, 4.69) is 10.2 Å². The monoisotopic (exact) mass is 374 g/mol. The van der Waals surface area contributed by atoms with Crippen molar-refractivity contribution in [1.82, 2.24) is 19.7 Å². The van der Waals surface area contributed by atoms with Crippen molar-refractivity contribution in [2.75, 3.05) is 13.1 Å². The Morgan fingerprint density at radius 2 is 1.88 bits per heavy atom. The minimum atomic E-state index is -0.251. The number of carbonyl (C=O) groups is 1. The fourth-order valence-electron chi connectivity index (χ4n) is 3.23. The number of H-pyrrole nitrogens is 1. The summed E-state index contributed by atoms with van der Waals surface area (Å²) in [6, 6.07) is 10.0. The van der Waals surface area contributed by atoms with Crippen molar-refractivity contribution >= 4 is 17.7 Å². The molecule has 2 heterocycles. The molecule has 1 fully saturated rings. The van der Waals surface area contributed by atoms with Gasteiger partial charge in [-0.25, -0.2) is 9.89 Å². The molecule has 0 saturated carbocycles. The van der Waals surface area contributed by atoms with E-state index in [1.165, 1.54) is 30.2 Å². The highest BCUT2D eigenvalue weighted by molar-refractivity contribution is 8.00. The van der Waals surface area contributed by atoms with Gasteiger partial charge in [-0.1, -0.05) is 54.9 Å². The summed E-state index contributed by atoms with van der Waals surface area (Å²) >= 11 is 1.36. The molecule has 1 N–H and O–H groups in total. The number of hydrogen-bond acceptors (Lipinski definition) is 4. The Balaban J connectivity index is 1.64. The van der Waals surface area contributed by atoms with Gasteiger partial charge in [-0.15, -0.1) is 5.10 Å². The quantitative estimate of drug-likeness (QED) is 0.789. The number of thioether (sulfide) groups is 1. The minimum absolute atomic E-state index is 0.141.